The van der Waals surface area contributed by atoms with Crippen molar-refractivity contribution >= 4 is 17.6 Å². The first-order chi connectivity index (χ1) is 10.0. The quantitative estimate of drug-likeness (QED) is 0.334. The van der Waals surface area contributed by atoms with E-state index in [4.69, 9.17) is 15.7 Å². The summed E-state index contributed by atoms with van der Waals surface area (Å²) < 4.78 is 5.24. The van der Waals surface area contributed by atoms with Crippen LogP contribution in [0.25, 0.3) is 0 Å². The highest BCUT2D eigenvalue weighted by Gasteiger charge is 2.13. The normalized spacial score (nSPS) is 13.5. The van der Waals surface area contributed by atoms with E-state index in [0.717, 1.165) is 24.3 Å². The van der Waals surface area contributed by atoms with Crippen molar-refractivity contribution in [3.05, 3.63) is 29.3 Å². The van der Waals surface area contributed by atoms with Crippen molar-refractivity contribution in [2.75, 3.05) is 26.2 Å². The second kappa shape index (κ2) is 8.79. The topological polar surface area (TPSA) is 71.1 Å². The van der Waals surface area contributed by atoms with Crippen molar-refractivity contribution in [3.63, 3.8) is 0 Å². The monoisotopic (exact) mass is 311 g/mol. The molecule has 1 unspecified atom stereocenters. The van der Waals surface area contributed by atoms with E-state index in [0.29, 0.717) is 17.4 Å². The van der Waals surface area contributed by atoms with Crippen LogP contribution in [-0.4, -0.2) is 48.2 Å². The molecule has 0 aliphatic carbocycles. The number of thioether (sulfide) groups is 1. The molecular formula is C15H25N3O2S. The van der Waals surface area contributed by atoms with Gasteiger partial charge < -0.3 is 15.7 Å². The molecule has 0 fully saturated rings. The molecule has 3 N–H and O–H groups in total. The first-order valence-corrected chi connectivity index (χ1v) is 8.26. The van der Waals surface area contributed by atoms with Crippen molar-refractivity contribution in [1.29, 1.82) is 0 Å². The highest BCUT2D eigenvalue weighted by molar-refractivity contribution is 7.98. The summed E-state index contributed by atoms with van der Waals surface area (Å²) >= 11 is 1.86. The lowest BCUT2D eigenvalue weighted by atomic mass is 10.1. The predicted molar refractivity (Wildman–Crippen MR) is 89.4 cm³/mol. The van der Waals surface area contributed by atoms with Crippen LogP contribution in [0.1, 0.15) is 24.5 Å². The van der Waals surface area contributed by atoms with Crippen molar-refractivity contribution in [1.82, 2.24) is 4.90 Å². The van der Waals surface area contributed by atoms with Gasteiger partial charge in [-0.05, 0) is 50.1 Å². The highest BCUT2D eigenvalue weighted by atomic mass is 32.2. The number of benzene rings is 1. The molecule has 0 aliphatic heterocycles. The standard InChI is InChI=1S/C15H25N3O2S/c1-11(7-8-21-4)18(2)10-12-5-6-14(20-3)13(9-12)15(16)17-19/h5-6,9,11,19H,7-8,10H2,1-4H3,(H2,16,17). The predicted octanol–water partition coefficient (Wildman–Crippen LogP) is 2.36. The van der Waals surface area contributed by atoms with Crippen LogP contribution in [0.4, 0.5) is 0 Å². The van der Waals surface area contributed by atoms with E-state index < -0.39 is 0 Å². The zero-order valence-electron chi connectivity index (χ0n) is 13.2. The number of oxime groups is 1. The molecule has 6 heteroatoms. The first kappa shape index (κ1) is 17.7. The Balaban J connectivity index is 2.84. The third-order valence-corrected chi connectivity index (χ3v) is 4.22. The number of methoxy groups -OCH3 is 1. The van der Waals surface area contributed by atoms with Crippen molar-refractivity contribution < 1.29 is 9.94 Å². The SMILES string of the molecule is COc1ccc(CN(C)C(C)CCSC)cc1/C(N)=N/O. The van der Waals surface area contributed by atoms with Crippen LogP contribution < -0.4 is 10.5 Å². The maximum atomic E-state index is 8.86. The van der Waals surface area contributed by atoms with Gasteiger partial charge in [0, 0.05) is 12.6 Å². The Morgan fingerprint density at radius 3 is 2.81 bits per heavy atom. The summed E-state index contributed by atoms with van der Waals surface area (Å²) in [5.41, 5.74) is 7.42. The fourth-order valence-electron chi connectivity index (χ4n) is 2.06. The molecule has 1 aromatic rings. The van der Waals surface area contributed by atoms with E-state index in [1.807, 2.05) is 30.0 Å². The third-order valence-electron chi connectivity index (χ3n) is 3.57. The minimum atomic E-state index is 0.0618. The zero-order chi connectivity index (χ0) is 15.8. The van der Waals surface area contributed by atoms with E-state index in [1.165, 1.54) is 0 Å². The smallest absolute Gasteiger partial charge is 0.173 e. The Kier molecular flexibility index (Phi) is 7.39. The molecule has 0 bridgehead atoms. The van der Waals surface area contributed by atoms with Crippen LogP contribution in [0.5, 0.6) is 5.75 Å². The van der Waals surface area contributed by atoms with Gasteiger partial charge >= 0.3 is 0 Å². The molecule has 0 amide bonds. The lowest BCUT2D eigenvalue weighted by Crippen LogP contribution is -2.29. The average Bonchev–Trinajstić information content (AvgIpc) is 2.51. The van der Waals surface area contributed by atoms with Gasteiger partial charge in [0.25, 0.3) is 0 Å². The molecule has 0 saturated carbocycles. The molecule has 0 aromatic heterocycles. The highest BCUT2D eigenvalue weighted by Crippen LogP contribution is 2.21. The molecular weight excluding hydrogens is 286 g/mol. The summed E-state index contributed by atoms with van der Waals surface area (Å²) in [6.45, 7) is 3.04. The third kappa shape index (κ3) is 5.13. The van der Waals surface area contributed by atoms with Gasteiger partial charge in [-0.25, -0.2) is 0 Å². The summed E-state index contributed by atoms with van der Waals surface area (Å²) in [6.07, 6.45) is 3.28. The molecule has 21 heavy (non-hydrogen) atoms. The fourth-order valence-corrected chi connectivity index (χ4v) is 2.64. The molecule has 0 spiro atoms. The van der Waals surface area contributed by atoms with E-state index in [-0.39, 0.29) is 5.84 Å². The lowest BCUT2D eigenvalue weighted by molar-refractivity contribution is 0.245. The minimum absolute atomic E-state index is 0.0618. The van der Waals surface area contributed by atoms with E-state index >= 15 is 0 Å². The maximum Gasteiger partial charge on any atom is 0.173 e. The lowest BCUT2D eigenvalue weighted by Gasteiger charge is -2.25. The van der Waals surface area contributed by atoms with Gasteiger partial charge in [0.15, 0.2) is 5.84 Å². The summed E-state index contributed by atoms with van der Waals surface area (Å²) in [5.74, 6) is 1.82. The van der Waals surface area contributed by atoms with E-state index in [1.54, 1.807) is 7.11 Å². The van der Waals surface area contributed by atoms with Gasteiger partial charge in [-0.2, -0.15) is 11.8 Å². The molecule has 0 radical (unpaired) electrons. The summed E-state index contributed by atoms with van der Waals surface area (Å²) in [4.78, 5) is 2.30. The van der Waals surface area contributed by atoms with Gasteiger partial charge in [-0.3, -0.25) is 4.90 Å². The van der Waals surface area contributed by atoms with E-state index in [9.17, 15) is 0 Å². The minimum Gasteiger partial charge on any atom is -0.496 e. The van der Waals surface area contributed by atoms with E-state index in [2.05, 4.69) is 30.3 Å². The summed E-state index contributed by atoms with van der Waals surface area (Å²) in [6, 6.07) is 6.27. The number of nitrogens with two attached hydrogens (primary N) is 1. The number of hydrogen-bond acceptors (Lipinski definition) is 5. The van der Waals surface area contributed by atoms with Crippen LogP contribution in [0.3, 0.4) is 0 Å². The summed E-state index contributed by atoms with van der Waals surface area (Å²) in [5, 5.41) is 11.9. The van der Waals surface area contributed by atoms with Crippen LogP contribution >= 0.6 is 11.8 Å². The molecule has 0 heterocycles. The fraction of sp³-hybridized carbons (Fsp3) is 0.533. The van der Waals surface area contributed by atoms with Crippen molar-refractivity contribution in [2.45, 2.75) is 25.9 Å². The molecule has 1 atom stereocenters. The van der Waals surface area contributed by atoms with Gasteiger partial charge in [0.05, 0.1) is 12.7 Å². The molecule has 1 aromatic carbocycles. The Hall–Kier alpha value is -1.40. The van der Waals surface area contributed by atoms with Crippen molar-refractivity contribution in [2.24, 2.45) is 10.9 Å². The largest absolute Gasteiger partial charge is 0.496 e. The Morgan fingerprint density at radius 1 is 1.52 bits per heavy atom. The first-order valence-electron chi connectivity index (χ1n) is 6.87. The van der Waals surface area contributed by atoms with Gasteiger partial charge in [0.1, 0.15) is 5.75 Å². The number of rotatable bonds is 8. The van der Waals surface area contributed by atoms with Crippen LogP contribution in [0.2, 0.25) is 0 Å². The van der Waals surface area contributed by atoms with Crippen molar-refractivity contribution in [3.8, 4) is 5.75 Å². The number of amidine groups is 1. The molecule has 0 saturated heterocycles. The average molecular weight is 311 g/mol. The second-order valence-electron chi connectivity index (χ2n) is 5.07. The van der Waals surface area contributed by atoms with Gasteiger partial charge in [-0.15, -0.1) is 0 Å². The zero-order valence-corrected chi connectivity index (χ0v) is 14.0. The number of hydrogen-bond donors (Lipinski definition) is 2. The summed E-state index contributed by atoms with van der Waals surface area (Å²) in [7, 11) is 3.68. The van der Waals surface area contributed by atoms with Crippen LogP contribution in [0.15, 0.2) is 23.4 Å². The maximum absolute atomic E-state index is 8.86. The molecule has 1 rings (SSSR count). The van der Waals surface area contributed by atoms with Gasteiger partial charge in [0.2, 0.25) is 0 Å². The second-order valence-corrected chi connectivity index (χ2v) is 6.05. The Labute approximate surface area is 131 Å². The van der Waals surface area contributed by atoms with Crippen LogP contribution in [0, 0.1) is 0 Å². The van der Waals surface area contributed by atoms with Gasteiger partial charge in [-0.1, -0.05) is 11.2 Å². The van der Waals surface area contributed by atoms with Crippen LogP contribution in [-0.2, 0) is 6.54 Å². The number of ether oxygens (including phenoxy) is 1. The molecule has 5 nitrogen and oxygen atoms in total. The number of nitrogens with zero attached hydrogens (tertiary/aromatic N) is 2. The Morgan fingerprint density at radius 2 is 2.24 bits per heavy atom. The Bertz CT molecular complexity index is 480. The molecule has 118 valence electrons. The molecule has 0 aliphatic rings.